The van der Waals surface area contributed by atoms with E-state index in [0.29, 0.717) is 0 Å². The van der Waals surface area contributed by atoms with E-state index in [1.807, 2.05) is 0 Å². The van der Waals surface area contributed by atoms with Crippen LogP contribution in [0.25, 0.3) is 0 Å². The van der Waals surface area contributed by atoms with Crippen LogP contribution < -0.4 is 19.7 Å². The van der Waals surface area contributed by atoms with E-state index >= 15 is 0 Å². The molecule has 0 heterocycles. The van der Waals surface area contributed by atoms with Crippen molar-refractivity contribution in [2.24, 2.45) is 0 Å². The summed E-state index contributed by atoms with van der Waals surface area (Å²) in [6.45, 7) is -1.19. The molecule has 17 heteroatoms. The van der Waals surface area contributed by atoms with Crippen molar-refractivity contribution >= 4 is 61.6 Å². The van der Waals surface area contributed by atoms with Gasteiger partial charge < -0.3 is 72.3 Å². The molecule has 2 rings (SSSR count). The molecule has 2 aromatic carbocycles. The van der Waals surface area contributed by atoms with Crippen LogP contribution in [0.1, 0.15) is 20.7 Å². The number of carbonyl (C=O) groups excluding carboxylic acids is 2. The van der Waals surface area contributed by atoms with E-state index < -0.39 is 37.1 Å². The quantitative estimate of drug-likeness (QED) is 0.299. The van der Waals surface area contributed by atoms with Gasteiger partial charge in [-0.05, 0) is 36.4 Å². The minimum Gasteiger partial charge on any atom is -0.546 e. The van der Waals surface area contributed by atoms with Crippen LogP contribution in [0.2, 0.25) is 0 Å². The maximum absolute atomic E-state index is 10.5. The standard InChI is InChI=1S/2C9H8O5.Ca.6H2O/c2*10-8(11)5-14-7-3-1-2-6(4-7)9(12)13;;;;;;;/h2*1-4H,5H2,(H,10,11)(H,12,13);;6*1H2/q;;+2;;;;;;/p-2. The summed E-state index contributed by atoms with van der Waals surface area (Å²) in [7, 11) is 0. The van der Waals surface area contributed by atoms with Crippen LogP contribution in [-0.2, 0) is 9.59 Å². The second kappa shape index (κ2) is 25.6. The van der Waals surface area contributed by atoms with Crippen molar-refractivity contribution in [3.63, 3.8) is 0 Å². The number of benzene rings is 2. The number of ether oxygens (including phenoxy) is 2. The van der Waals surface area contributed by atoms with Gasteiger partial charge in [0.25, 0.3) is 0 Å². The molecule has 0 bridgehead atoms. The topological polar surface area (TPSA) is 362 Å². The first-order chi connectivity index (χ1) is 13.2. The summed E-state index contributed by atoms with van der Waals surface area (Å²) in [5.74, 6) is -4.52. The van der Waals surface area contributed by atoms with Crippen molar-refractivity contribution in [3.05, 3.63) is 59.7 Å². The van der Waals surface area contributed by atoms with Crippen LogP contribution in [0.15, 0.2) is 48.5 Å². The Morgan fingerprint density at radius 3 is 1.14 bits per heavy atom. The van der Waals surface area contributed by atoms with Crippen molar-refractivity contribution in [2.45, 2.75) is 0 Å². The number of aromatic carboxylic acids is 2. The summed E-state index contributed by atoms with van der Waals surface area (Å²) in [5.41, 5.74) is 0.0849. The van der Waals surface area contributed by atoms with Crippen LogP contribution in [0, 0.1) is 0 Å². The monoisotopic (exact) mass is 538 g/mol. The maximum atomic E-state index is 10.5. The van der Waals surface area contributed by atoms with Crippen molar-refractivity contribution in [1.82, 2.24) is 0 Å². The van der Waals surface area contributed by atoms with Crippen LogP contribution in [0.4, 0.5) is 0 Å². The van der Waals surface area contributed by atoms with Gasteiger partial charge in [0.2, 0.25) is 0 Å². The predicted octanol–water partition coefficient (Wildman–Crippen LogP) is -6.30. The first-order valence-corrected chi connectivity index (χ1v) is 7.51. The molecule has 0 aliphatic carbocycles. The molecule has 0 saturated heterocycles. The van der Waals surface area contributed by atoms with Crippen LogP contribution in [-0.4, -0.2) is 118 Å². The molecule has 0 aromatic heterocycles. The molecule has 35 heavy (non-hydrogen) atoms. The molecule has 0 spiro atoms. The SMILES string of the molecule is O.O.O.O.O.O.O=C([O-])COc1cccc(C(=O)O)c1.O=C([O-])COc1cccc(C(=O)O)c1.[Ca+2]. The van der Waals surface area contributed by atoms with E-state index in [0.717, 1.165) is 0 Å². The summed E-state index contributed by atoms with van der Waals surface area (Å²) in [6.07, 6.45) is 0. The molecule has 2 aromatic rings. The van der Waals surface area contributed by atoms with Gasteiger partial charge in [0.1, 0.15) is 24.7 Å². The fourth-order valence-electron chi connectivity index (χ4n) is 1.72. The summed E-state index contributed by atoms with van der Waals surface area (Å²) in [4.78, 5) is 41.1. The molecule has 0 atom stereocenters. The predicted molar refractivity (Wildman–Crippen MR) is 115 cm³/mol. The summed E-state index contributed by atoms with van der Waals surface area (Å²) in [5, 5.41) is 37.3. The van der Waals surface area contributed by atoms with E-state index in [9.17, 15) is 29.4 Å². The molecule has 0 aliphatic heterocycles. The minimum atomic E-state index is -1.36. The van der Waals surface area contributed by atoms with Crippen LogP contribution in [0.5, 0.6) is 11.5 Å². The average Bonchev–Trinajstić information content (AvgIpc) is 2.65. The van der Waals surface area contributed by atoms with Gasteiger partial charge >= 0.3 is 49.7 Å². The Balaban J connectivity index is -0.0000000747. The molecule has 0 amide bonds. The zero-order valence-electron chi connectivity index (χ0n) is 17.9. The summed E-state index contributed by atoms with van der Waals surface area (Å²) >= 11 is 0. The molecule has 0 fully saturated rings. The molecule has 0 saturated carbocycles. The second-order valence-electron chi connectivity index (χ2n) is 4.99. The second-order valence-corrected chi connectivity index (χ2v) is 4.99. The Labute approximate surface area is 227 Å². The van der Waals surface area contributed by atoms with Gasteiger partial charge in [-0.3, -0.25) is 0 Å². The Hall–Kier alpha value is -3.06. The molecular formula is C18H26CaO16. The molecule has 0 unspecified atom stereocenters. The van der Waals surface area contributed by atoms with Gasteiger partial charge in [0.15, 0.2) is 0 Å². The van der Waals surface area contributed by atoms with Gasteiger partial charge in [-0.15, -0.1) is 0 Å². The summed E-state index contributed by atoms with van der Waals surface area (Å²) in [6, 6.07) is 11.1. The number of hydrogen-bond donors (Lipinski definition) is 2. The fraction of sp³-hybridized carbons (Fsp3) is 0.111. The fourth-order valence-corrected chi connectivity index (χ4v) is 1.72. The third-order valence-corrected chi connectivity index (χ3v) is 2.88. The number of hydrogen-bond acceptors (Lipinski definition) is 8. The maximum Gasteiger partial charge on any atom is 2.00 e. The molecule has 14 N–H and O–H groups in total. The van der Waals surface area contributed by atoms with Gasteiger partial charge in [-0.1, -0.05) is 12.1 Å². The molecular weight excluding hydrogens is 512 g/mol. The van der Waals surface area contributed by atoms with E-state index in [2.05, 4.69) is 0 Å². The number of carboxylic acid groups (broad SMARTS) is 4. The minimum absolute atomic E-state index is 0. The molecule has 196 valence electrons. The first-order valence-electron chi connectivity index (χ1n) is 7.51. The van der Waals surface area contributed by atoms with E-state index in [1.54, 1.807) is 0 Å². The van der Waals surface area contributed by atoms with Crippen LogP contribution >= 0.6 is 0 Å². The van der Waals surface area contributed by atoms with Crippen molar-refractivity contribution in [3.8, 4) is 11.5 Å². The van der Waals surface area contributed by atoms with E-state index in [4.69, 9.17) is 19.7 Å². The smallest absolute Gasteiger partial charge is 0.546 e. The average molecular weight is 538 g/mol. The van der Waals surface area contributed by atoms with E-state index in [1.165, 1.54) is 48.5 Å². The Morgan fingerprint density at radius 2 is 0.914 bits per heavy atom. The number of carboxylic acids is 4. The first kappa shape index (κ1) is 49.2. The van der Waals surface area contributed by atoms with Crippen molar-refractivity contribution in [2.75, 3.05) is 13.2 Å². The molecule has 16 nitrogen and oxygen atoms in total. The van der Waals surface area contributed by atoms with Gasteiger partial charge in [0.05, 0.1) is 23.1 Å². The Morgan fingerprint density at radius 1 is 0.629 bits per heavy atom. The van der Waals surface area contributed by atoms with Gasteiger partial charge in [0, 0.05) is 0 Å². The molecule has 0 aliphatic rings. The summed E-state index contributed by atoms with van der Waals surface area (Å²) < 4.78 is 9.47. The zero-order valence-corrected chi connectivity index (χ0v) is 20.1. The number of aliphatic carboxylic acids is 2. The Bertz CT molecular complexity index is 802. The Kier molecular flexibility index (Phi) is 35.9. The third-order valence-electron chi connectivity index (χ3n) is 2.88. The zero-order chi connectivity index (χ0) is 21.1. The van der Waals surface area contributed by atoms with Crippen molar-refractivity contribution in [1.29, 1.82) is 0 Å². The van der Waals surface area contributed by atoms with Crippen molar-refractivity contribution < 1.29 is 81.9 Å². The third kappa shape index (κ3) is 21.2. The number of carbonyl (C=O) groups is 4. The molecule has 0 radical (unpaired) electrons. The van der Waals surface area contributed by atoms with Gasteiger partial charge in [-0.2, -0.15) is 0 Å². The number of rotatable bonds is 8. The van der Waals surface area contributed by atoms with Crippen LogP contribution in [0.3, 0.4) is 0 Å². The van der Waals surface area contributed by atoms with E-state index in [-0.39, 0.29) is 93.2 Å². The largest absolute Gasteiger partial charge is 2.00 e. The normalized spacial score (nSPS) is 7.54. The van der Waals surface area contributed by atoms with Gasteiger partial charge in [-0.25, -0.2) is 9.59 Å².